The molecule has 1 atom stereocenters. The summed E-state index contributed by atoms with van der Waals surface area (Å²) in [5, 5.41) is 8.22. The Morgan fingerprint density at radius 1 is 1.00 bits per heavy atom. The van der Waals surface area contributed by atoms with Gasteiger partial charge in [-0.25, -0.2) is 13.6 Å². The molecule has 142 valence electrons. The molecule has 2 saturated carbocycles. The Morgan fingerprint density at radius 2 is 1.63 bits per heavy atom. The normalized spacial score (nSPS) is 23.3. The van der Waals surface area contributed by atoms with E-state index in [9.17, 15) is 13.2 Å². The average Bonchev–Trinajstić information content (AvgIpc) is 3.07. The molecule has 27 heavy (non-hydrogen) atoms. The molecule has 2 aromatic rings. The molecule has 0 radical (unpaired) electrons. The van der Waals surface area contributed by atoms with Gasteiger partial charge in [0.1, 0.15) is 0 Å². The third-order valence-electron chi connectivity index (χ3n) is 6.30. The molecule has 2 aliphatic rings. The van der Waals surface area contributed by atoms with E-state index >= 15 is 0 Å². The summed E-state index contributed by atoms with van der Waals surface area (Å²) in [4.78, 5) is 13.3. The molecule has 6 heteroatoms. The summed E-state index contributed by atoms with van der Waals surface area (Å²) in [6.07, 6.45) is 5.52. The summed E-state index contributed by atoms with van der Waals surface area (Å²) >= 11 is 0. The molecule has 0 bridgehead atoms. The van der Waals surface area contributed by atoms with Crippen LogP contribution in [0.3, 0.4) is 0 Å². The fraction of sp³-hybridized carbons (Fsp3) is 0.381. The van der Waals surface area contributed by atoms with Crippen LogP contribution in [0.5, 0.6) is 0 Å². The molecular weight excluding hydrogens is 360 g/mol. The fourth-order valence-electron chi connectivity index (χ4n) is 4.83. The zero-order chi connectivity index (χ0) is 19.1. The number of rotatable bonds is 5. The first-order valence-corrected chi connectivity index (χ1v) is 10.9. The van der Waals surface area contributed by atoms with Crippen LogP contribution in [0, 0.1) is 5.41 Å². The Balaban J connectivity index is 1.52. The number of nitrogens with one attached hydrogen (secondary N) is 1. The third kappa shape index (κ3) is 3.07. The highest BCUT2D eigenvalue weighted by Crippen LogP contribution is 2.72. The van der Waals surface area contributed by atoms with E-state index < -0.39 is 15.4 Å². The lowest BCUT2D eigenvalue weighted by molar-refractivity contribution is -0.124. The van der Waals surface area contributed by atoms with Crippen molar-refractivity contribution in [3.8, 4) is 0 Å². The number of benzene rings is 2. The second kappa shape index (κ2) is 6.46. The number of amides is 1. The topological polar surface area (TPSA) is 89.3 Å². The molecule has 0 aliphatic heterocycles. The van der Waals surface area contributed by atoms with Gasteiger partial charge in [-0.1, -0.05) is 55.3 Å². The van der Waals surface area contributed by atoms with Gasteiger partial charge in [0.15, 0.2) is 0 Å². The summed E-state index contributed by atoms with van der Waals surface area (Å²) < 4.78 is 22.7. The van der Waals surface area contributed by atoms with Gasteiger partial charge in [-0.05, 0) is 47.9 Å². The van der Waals surface area contributed by atoms with Gasteiger partial charge in [-0.2, -0.15) is 0 Å². The molecule has 2 aromatic carbocycles. The highest BCUT2D eigenvalue weighted by molar-refractivity contribution is 7.89. The van der Waals surface area contributed by atoms with Crippen molar-refractivity contribution < 1.29 is 13.2 Å². The van der Waals surface area contributed by atoms with Crippen LogP contribution in [0.2, 0.25) is 0 Å². The van der Waals surface area contributed by atoms with Crippen LogP contribution >= 0.6 is 0 Å². The molecule has 0 aromatic heterocycles. The van der Waals surface area contributed by atoms with E-state index in [4.69, 9.17) is 5.14 Å². The largest absolute Gasteiger partial charge is 0.351 e. The van der Waals surface area contributed by atoms with Crippen molar-refractivity contribution in [3.05, 3.63) is 65.7 Å². The highest BCUT2D eigenvalue weighted by Gasteiger charge is 2.72. The Morgan fingerprint density at radius 3 is 2.22 bits per heavy atom. The second-order valence-corrected chi connectivity index (χ2v) is 9.37. The number of hydrogen-bond donors (Lipinski definition) is 2. The van der Waals surface area contributed by atoms with E-state index in [0.717, 1.165) is 30.4 Å². The van der Waals surface area contributed by atoms with E-state index in [-0.39, 0.29) is 16.2 Å². The molecule has 0 saturated heterocycles. The summed E-state index contributed by atoms with van der Waals surface area (Å²) in [6, 6.07) is 16.4. The first kappa shape index (κ1) is 18.2. The minimum Gasteiger partial charge on any atom is -0.351 e. The van der Waals surface area contributed by atoms with Gasteiger partial charge in [0.2, 0.25) is 15.9 Å². The number of primary sulfonamides is 1. The average molecular weight is 385 g/mol. The molecule has 3 N–H and O–H groups in total. The predicted octanol–water partition coefficient (Wildman–Crippen LogP) is 2.85. The fourth-order valence-corrected chi connectivity index (χ4v) is 5.35. The van der Waals surface area contributed by atoms with Crippen LogP contribution in [0.15, 0.2) is 59.5 Å². The van der Waals surface area contributed by atoms with E-state index in [1.165, 1.54) is 25.0 Å². The van der Waals surface area contributed by atoms with Crippen LogP contribution in [-0.2, 0) is 26.8 Å². The molecule has 2 fully saturated rings. The van der Waals surface area contributed by atoms with Crippen molar-refractivity contribution in [1.82, 2.24) is 5.32 Å². The van der Waals surface area contributed by atoms with Crippen molar-refractivity contribution in [1.29, 1.82) is 0 Å². The number of carbonyl (C=O) groups is 1. The predicted molar refractivity (Wildman–Crippen MR) is 103 cm³/mol. The van der Waals surface area contributed by atoms with Gasteiger partial charge < -0.3 is 5.32 Å². The summed E-state index contributed by atoms with van der Waals surface area (Å²) in [7, 11) is -3.70. The molecule has 1 spiro atoms. The zero-order valence-corrected chi connectivity index (χ0v) is 16.0. The van der Waals surface area contributed by atoms with Gasteiger partial charge in [0.25, 0.3) is 0 Å². The van der Waals surface area contributed by atoms with E-state index in [0.29, 0.717) is 6.54 Å². The molecule has 0 unspecified atom stereocenters. The second-order valence-electron chi connectivity index (χ2n) is 7.81. The van der Waals surface area contributed by atoms with Crippen LogP contribution < -0.4 is 10.5 Å². The Kier molecular flexibility index (Phi) is 4.35. The summed E-state index contributed by atoms with van der Waals surface area (Å²) in [5.74, 6) is 0.0751. The van der Waals surface area contributed by atoms with E-state index in [2.05, 4.69) is 17.4 Å². The monoisotopic (exact) mass is 384 g/mol. The van der Waals surface area contributed by atoms with Gasteiger partial charge in [0.05, 0.1) is 10.3 Å². The van der Waals surface area contributed by atoms with Crippen LogP contribution in [-0.4, -0.2) is 14.3 Å². The van der Waals surface area contributed by atoms with Crippen molar-refractivity contribution in [2.45, 2.75) is 49.0 Å². The third-order valence-corrected chi connectivity index (χ3v) is 7.23. The maximum Gasteiger partial charge on any atom is 0.238 e. The standard InChI is InChI=1S/C21H24N2O3S/c22-27(25,26)18-10-8-16(9-11-18)14-23-19(24)21(17-6-2-1-3-7-17)15-20(21)12-4-5-13-20/h1-3,6-11H,4-5,12-15H2,(H,23,24)(H2,22,25,26)/t21-/m0/s1. The van der Waals surface area contributed by atoms with Crippen LogP contribution in [0.25, 0.3) is 0 Å². The first-order chi connectivity index (χ1) is 12.9. The van der Waals surface area contributed by atoms with Crippen molar-refractivity contribution in [2.24, 2.45) is 10.6 Å². The number of hydrogen-bond acceptors (Lipinski definition) is 3. The maximum atomic E-state index is 13.3. The minimum absolute atomic E-state index is 0.0745. The molecule has 4 rings (SSSR count). The lowest BCUT2D eigenvalue weighted by Gasteiger charge is -2.22. The van der Waals surface area contributed by atoms with Gasteiger partial charge in [-0.15, -0.1) is 0 Å². The molecule has 2 aliphatic carbocycles. The first-order valence-electron chi connectivity index (χ1n) is 9.33. The van der Waals surface area contributed by atoms with E-state index in [1.54, 1.807) is 12.1 Å². The Bertz CT molecular complexity index is 949. The van der Waals surface area contributed by atoms with E-state index in [1.807, 2.05) is 18.2 Å². The molecule has 1 amide bonds. The molecule has 5 nitrogen and oxygen atoms in total. The van der Waals surface area contributed by atoms with Crippen molar-refractivity contribution in [2.75, 3.05) is 0 Å². The SMILES string of the molecule is NS(=O)(=O)c1ccc(CNC(=O)[C@@]2(c3ccccc3)CC23CCCC3)cc1. The Labute approximate surface area is 160 Å². The van der Waals surface area contributed by atoms with Gasteiger partial charge in [0, 0.05) is 6.54 Å². The number of nitrogens with two attached hydrogens (primary N) is 1. The number of sulfonamides is 1. The Hall–Kier alpha value is -2.18. The molecule has 0 heterocycles. The lowest BCUT2D eigenvalue weighted by atomic mass is 9.84. The highest BCUT2D eigenvalue weighted by atomic mass is 32.2. The quantitative estimate of drug-likeness (QED) is 0.831. The zero-order valence-electron chi connectivity index (χ0n) is 15.1. The van der Waals surface area contributed by atoms with Gasteiger partial charge in [-0.3, -0.25) is 4.79 Å². The summed E-state index contributed by atoms with van der Waals surface area (Å²) in [5.41, 5.74) is 1.63. The minimum atomic E-state index is -3.70. The van der Waals surface area contributed by atoms with Crippen LogP contribution in [0.4, 0.5) is 0 Å². The number of carbonyl (C=O) groups excluding carboxylic acids is 1. The maximum absolute atomic E-state index is 13.3. The van der Waals surface area contributed by atoms with Crippen molar-refractivity contribution in [3.63, 3.8) is 0 Å². The smallest absolute Gasteiger partial charge is 0.238 e. The molecular formula is C21H24N2O3S. The van der Waals surface area contributed by atoms with Crippen LogP contribution in [0.1, 0.15) is 43.2 Å². The lowest BCUT2D eigenvalue weighted by Crippen LogP contribution is -2.38. The van der Waals surface area contributed by atoms with Crippen molar-refractivity contribution >= 4 is 15.9 Å². The summed E-state index contributed by atoms with van der Waals surface area (Å²) in [6.45, 7) is 0.369. The van der Waals surface area contributed by atoms with Gasteiger partial charge >= 0.3 is 0 Å².